The van der Waals surface area contributed by atoms with Crippen LogP contribution in [0.3, 0.4) is 0 Å². The zero-order chi connectivity index (χ0) is 22.4. The van der Waals surface area contributed by atoms with E-state index in [0.29, 0.717) is 22.5 Å². The van der Waals surface area contributed by atoms with Crippen LogP contribution in [0.5, 0.6) is 5.75 Å². The number of hydrogen-bond acceptors (Lipinski definition) is 5. The lowest BCUT2D eigenvalue weighted by Gasteiger charge is -2.22. The molecule has 31 heavy (non-hydrogen) atoms. The lowest BCUT2D eigenvalue weighted by atomic mass is 10.1. The van der Waals surface area contributed by atoms with Gasteiger partial charge in [-0.2, -0.15) is 5.10 Å². The van der Waals surface area contributed by atoms with E-state index in [2.05, 4.69) is 10.5 Å². The van der Waals surface area contributed by atoms with Gasteiger partial charge in [0.2, 0.25) is 10.0 Å². The van der Waals surface area contributed by atoms with Crippen molar-refractivity contribution in [2.45, 2.75) is 13.5 Å². The van der Waals surface area contributed by atoms with Crippen LogP contribution >= 0.6 is 0 Å². The summed E-state index contributed by atoms with van der Waals surface area (Å²) in [6, 6.07) is 22.2. The lowest BCUT2D eigenvalue weighted by Crippen LogP contribution is -2.29. The molecule has 7 nitrogen and oxygen atoms in total. The molecule has 0 unspecified atom stereocenters. The molecule has 2 N–H and O–H groups in total. The number of sulfonamides is 1. The number of para-hydroxylation sites is 2. The number of hydrazone groups is 1. The van der Waals surface area contributed by atoms with Gasteiger partial charge in [0.1, 0.15) is 5.75 Å². The van der Waals surface area contributed by atoms with E-state index in [-0.39, 0.29) is 12.3 Å². The fourth-order valence-electron chi connectivity index (χ4n) is 2.96. The SMILES string of the molecule is C/C(=N\NC(=O)c1ccc(CN(c2ccccc2)S(C)(=O)=O)cc1)c1ccccc1O. The number of phenols is 1. The molecule has 0 fully saturated rings. The molecule has 8 heteroatoms. The van der Waals surface area contributed by atoms with Crippen LogP contribution in [0.2, 0.25) is 0 Å². The number of aromatic hydroxyl groups is 1. The van der Waals surface area contributed by atoms with Crippen molar-refractivity contribution in [3.05, 3.63) is 95.6 Å². The number of nitrogens with one attached hydrogen (secondary N) is 1. The Hall–Kier alpha value is -3.65. The van der Waals surface area contributed by atoms with Gasteiger partial charge in [-0.3, -0.25) is 9.10 Å². The first kappa shape index (κ1) is 22.0. The lowest BCUT2D eigenvalue weighted by molar-refractivity contribution is 0.0954. The molecule has 0 radical (unpaired) electrons. The van der Waals surface area contributed by atoms with Gasteiger partial charge in [-0.25, -0.2) is 13.8 Å². The van der Waals surface area contributed by atoms with Gasteiger partial charge in [-0.05, 0) is 48.9 Å². The quantitative estimate of drug-likeness (QED) is 0.436. The van der Waals surface area contributed by atoms with Gasteiger partial charge >= 0.3 is 0 Å². The largest absolute Gasteiger partial charge is 0.507 e. The summed E-state index contributed by atoms with van der Waals surface area (Å²) < 4.78 is 25.8. The number of rotatable bonds is 7. The first-order chi connectivity index (χ1) is 14.8. The number of benzene rings is 3. The molecule has 0 bridgehead atoms. The van der Waals surface area contributed by atoms with Crippen molar-refractivity contribution in [2.24, 2.45) is 5.10 Å². The maximum absolute atomic E-state index is 12.4. The second-order valence-electron chi connectivity index (χ2n) is 6.96. The first-order valence-corrected chi connectivity index (χ1v) is 11.4. The monoisotopic (exact) mass is 437 g/mol. The average molecular weight is 438 g/mol. The molecule has 160 valence electrons. The Bertz CT molecular complexity index is 1190. The Balaban J connectivity index is 1.71. The van der Waals surface area contributed by atoms with E-state index < -0.39 is 15.9 Å². The third-order valence-electron chi connectivity index (χ3n) is 4.61. The van der Waals surface area contributed by atoms with Crippen LogP contribution in [0.4, 0.5) is 5.69 Å². The van der Waals surface area contributed by atoms with Crippen molar-refractivity contribution in [2.75, 3.05) is 10.6 Å². The van der Waals surface area contributed by atoms with E-state index in [1.165, 1.54) is 4.31 Å². The molecule has 0 saturated carbocycles. The summed E-state index contributed by atoms with van der Waals surface area (Å²) in [5.41, 5.74) is 5.15. The molecule has 3 rings (SSSR count). The second-order valence-corrected chi connectivity index (χ2v) is 8.86. The minimum Gasteiger partial charge on any atom is -0.507 e. The van der Waals surface area contributed by atoms with Crippen molar-refractivity contribution in [1.29, 1.82) is 0 Å². The molecule has 0 spiro atoms. The molecule has 0 atom stereocenters. The smallest absolute Gasteiger partial charge is 0.271 e. The summed E-state index contributed by atoms with van der Waals surface area (Å²) in [4.78, 5) is 12.4. The van der Waals surface area contributed by atoms with Crippen molar-refractivity contribution in [3.8, 4) is 5.75 Å². The summed E-state index contributed by atoms with van der Waals surface area (Å²) in [6.07, 6.45) is 1.16. The fourth-order valence-corrected chi connectivity index (χ4v) is 3.85. The highest BCUT2D eigenvalue weighted by Gasteiger charge is 2.17. The minimum atomic E-state index is -3.47. The molecule has 0 saturated heterocycles. The highest BCUT2D eigenvalue weighted by molar-refractivity contribution is 7.92. The Morgan fingerprint density at radius 2 is 1.58 bits per heavy atom. The molecule has 3 aromatic rings. The number of phenolic OH excluding ortho intramolecular Hbond substituents is 1. The molecule has 0 aliphatic rings. The molecule has 0 aliphatic carbocycles. The number of carbonyl (C=O) groups is 1. The third kappa shape index (κ3) is 5.70. The van der Waals surface area contributed by atoms with Crippen LogP contribution in [0.15, 0.2) is 84.0 Å². The maximum atomic E-state index is 12.4. The van der Waals surface area contributed by atoms with Crippen molar-refractivity contribution < 1.29 is 18.3 Å². The summed E-state index contributed by atoms with van der Waals surface area (Å²) in [5, 5.41) is 13.9. The normalized spacial score (nSPS) is 11.7. The number of amides is 1. The number of nitrogens with zero attached hydrogens (tertiary/aromatic N) is 2. The molecular weight excluding hydrogens is 414 g/mol. The molecule has 0 aromatic heterocycles. The average Bonchev–Trinajstić information content (AvgIpc) is 2.76. The van der Waals surface area contributed by atoms with Crippen LogP contribution in [0, 0.1) is 0 Å². The van der Waals surface area contributed by atoms with Gasteiger partial charge in [0.15, 0.2) is 0 Å². The van der Waals surface area contributed by atoms with Gasteiger partial charge in [0.05, 0.1) is 24.2 Å². The number of carbonyl (C=O) groups excluding carboxylic acids is 1. The predicted octanol–water partition coefficient (Wildman–Crippen LogP) is 3.51. The highest BCUT2D eigenvalue weighted by Crippen LogP contribution is 2.20. The fraction of sp³-hybridized carbons (Fsp3) is 0.130. The Morgan fingerprint density at radius 1 is 0.968 bits per heavy atom. The zero-order valence-corrected chi connectivity index (χ0v) is 18.0. The van der Waals surface area contributed by atoms with Crippen LogP contribution < -0.4 is 9.73 Å². The van der Waals surface area contributed by atoms with E-state index in [4.69, 9.17) is 0 Å². The van der Waals surface area contributed by atoms with E-state index in [9.17, 15) is 18.3 Å². The van der Waals surface area contributed by atoms with E-state index in [1.807, 2.05) is 6.07 Å². The summed E-state index contributed by atoms with van der Waals surface area (Å²) in [5.74, 6) is -0.333. The topological polar surface area (TPSA) is 99.1 Å². The zero-order valence-electron chi connectivity index (χ0n) is 17.2. The third-order valence-corrected chi connectivity index (χ3v) is 5.75. The van der Waals surface area contributed by atoms with Crippen molar-refractivity contribution in [3.63, 3.8) is 0 Å². The van der Waals surface area contributed by atoms with Crippen molar-refractivity contribution in [1.82, 2.24) is 5.43 Å². The van der Waals surface area contributed by atoms with E-state index in [1.54, 1.807) is 79.7 Å². The molecule has 0 aliphatic heterocycles. The summed E-state index contributed by atoms with van der Waals surface area (Å²) in [7, 11) is -3.47. The molecular formula is C23H23N3O4S. The molecule has 0 heterocycles. The highest BCUT2D eigenvalue weighted by atomic mass is 32.2. The van der Waals surface area contributed by atoms with Crippen LogP contribution in [-0.4, -0.2) is 31.4 Å². The summed E-state index contributed by atoms with van der Waals surface area (Å²) in [6.45, 7) is 1.83. The van der Waals surface area contributed by atoms with Gasteiger partial charge in [-0.15, -0.1) is 0 Å². The number of hydrogen-bond donors (Lipinski definition) is 2. The molecule has 3 aromatic carbocycles. The Morgan fingerprint density at radius 3 is 2.19 bits per heavy atom. The van der Waals surface area contributed by atoms with Crippen LogP contribution in [-0.2, 0) is 16.6 Å². The predicted molar refractivity (Wildman–Crippen MR) is 122 cm³/mol. The van der Waals surface area contributed by atoms with E-state index >= 15 is 0 Å². The van der Waals surface area contributed by atoms with Crippen LogP contribution in [0.25, 0.3) is 0 Å². The summed E-state index contributed by atoms with van der Waals surface area (Å²) >= 11 is 0. The Kier molecular flexibility index (Phi) is 6.71. The maximum Gasteiger partial charge on any atom is 0.271 e. The molecule has 1 amide bonds. The van der Waals surface area contributed by atoms with E-state index in [0.717, 1.165) is 11.8 Å². The Labute approximate surface area is 181 Å². The van der Waals surface area contributed by atoms with Crippen LogP contribution in [0.1, 0.15) is 28.4 Å². The van der Waals surface area contributed by atoms with Gasteiger partial charge < -0.3 is 5.11 Å². The van der Waals surface area contributed by atoms with Crippen molar-refractivity contribution >= 4 is 27.3 Å². The minimum absolute atomic E-state index is 0.0798. The first-order valence-electron chi connectivity index (χ1n) is 9.50. The van der Waals surface area contributed by atoms with Gasteiger partial charge in [-0.1, -0.05) is 42.5 Å². The van der Waals surface area contributed by atoms with Gasteiger partial charge in [0.25, 0.3) is 5.91 Å². The standard InChI is InChI=1S/C23H23N3O4S/c1-17(21-10-6-7-11-22(21)27)24-25-23(28)19-14-12-18(13-15-19)16-26(31(2,29)30)20-8-4-3-5-9-20/h3-15,27H,16H2,1-2H3,(H,25,28)/b24-17+. The van der Waals surface area contributed by atoms with Gasteiger partial charge in [0, 0.05) is 11.1 Å². The number of anilines is 1. The second kappa shape index (κ2) is 9.44.